The molecule has 4 heteroatoms. The highest BCUT2D eigenvalue weighted by Gasteiger charge is 2.06. The van der Waals surface area contributed by atoms with Gasteiger partial charge in [-0.1, -0.05) is 0 Å². The molecule has 0 atom stereocenters. The van der Waals surface area contributed by atoms with Crippen LogP contribution in [0.25, 0.3) is 11.3 Å². The predicted molar refractivity (Wildman–Crippen MR) is 63.3 cm³/mol. The summed E-state index contributed by atoms with van der Waals surface area (Å²) in [7, 11) is 1.77. The number of nitrogens with zero attached hydrogens (tertiary/aromatic N) is 3. The lowest BCUT2D eigenvalue weighted by atomic mass is 10.1. The van der Waals surface area contributed by atoms with Crippen LogP contribution in [0, 0.1) is 6.92 Å². The molecule has 2 aromatic rings. The van der Waals surface area contributed by atoms with Crippen molar-refractivity contribution < 1.29 is 0 Å². The summed E-state index contributed by atoms with van der Waals surface area (Å²) < 4.78 is 3.66. The van der Waals surface area contributed by atoms with Crippen molar-refractivity contribution in [3.8, 4) is 11.3 Å². The van der Waals surface area contributed by atoms with Crippen molar-refractivity contribution in [1.29, 1.82) is 0 Å². The molecule has 0 bridgehead atoms. The topological polar surface area (TPSA) is 39.8 Å². The fourth-order valence-electron chi connectivity index (χ4n) is 1.83. The van der Waals surface area contributed by atoms with Gasteiger partial charge in [0.15, 0.2) is 0 Å². The number of aromatic nitrogens is 3. The molecular formula is C12H15N3O. The van der Waals surface area contributed by atoms with E-state index in [4.69, 9.17) is 0 Å². The molecule has 84 valence electrons. The number of rotatable bonds is 2. The van der Waals surface area contributed by atoms with Crippen molar-refractivity contribution in [2.75, 3.05) is 0 Å². The monoisotopic (exact) mass is 217 g/mol. The number of pyridine rings is 1. The molecule has 0 spiro atoms. The zero-order valence-corrected chi connectivity index (χ0v) is 9.77. The minimum atomic E-state index is 0.0475. The average molecular weight is 217 g/mol. The lowest BCUT2D eigenvalue weighted by molar-refractivity contribution is 0.765. The van der Waals surface area contributed by atoms with Crippen molar-refractivity contribution in [2.45, 2.75) is 20.4 Å². The molecule has 16 heavy (non-hydrogen) atoms. The van der Waals surface area contributed by atoms with E-state index in [9.17, 15) is 4.79 Å². The van der Waals surface area contributed by atoms with Gasteiger partial charge in [0, 0.05) is 30.9 Å². The molecule has 0 aliphatic carbocycles. The van der Waals surface area contributed by atoms with Gasteiger partial charge in [0.2, 0.25) is 0 Å². The molecule has 0 aliphatic heterocycles. The van der Waals surface area contributed by atoms with E-state index in [2.05, 4.69) is 16.5 Å². The first-order valence-corrected chi connectivity index (χ1v) is 5.31. The quantitative estimate of drug-likeness (QED) is 0.766. The highest BCUT2D eigenvalue weighted by molar-refractivity contribution is 5.58. The molecule has 4 nitrogen and oxygen atoms in total. The Balaban J connectivity index is 2.61. The van der Waals surface area contributed by atoms with Gasteiger partial charge in [-0.15, -0.1) is 0 Å². The molecule has 2 aromatic heterocycles. The summed E-state index contributed by atoms with van der Waals surface area (Å²) in [6.07, 6.45) is 5.47. The molecule has 0 saturated carbocycles. The van der Waals surface area contributed by atoms with Crippen LogP contribution in [0.15, 0.2) is 29.6 Å². The van der Waals surface area contributed by atoms with E-state index in [-0.39, 0.29) is 5.56 Å². The molecule has 2 rings (SSSR count). The van der Waals surface area contributed by atoms with E-state index in [1.807, 2.05) is 25.4 Å². The highest BCUT2D eigenvalue weighted by atomic mass is 16.1. The summed E-state index contributed by atoms with van der Waals surface area (Å²) in [6, 6.07) is 1.91. The molecule has 0 aliphatic rings. The Morgan fingerprint density at radius 1 is 1.44 bits per heavy atom. The first-order valence-electron chi connectivity index (χ1n) is 5.31. The summed E-state index contributed by atoms with van der Waals surface area (Å²) >= 11 is 0. The van der Waals surface area contributed by atoms with E-state index in [1.54, 1.807) is 17.9 Å². The molecular weight excluding hydrogens is 202 g/mol. The van der Waals surface area contributed by atoms with Gasteiger partial charge in [-0.2, -0.15) is 0 Å². The van der Waals surface area contributed by atoms with Crippen molar-refractivity contribution in [3.05, 3.63) is 40.7 Å². The minimum Gasteiger partial charge on any atom is -0.331 e. The largest absolute Gasteiger partial charge is 0.331 e. The maximum Gasteiger partial charge on any atom is 0.253 e. The Labute approximate surface area is 94.2 Å². The van der Waals surface area contributed by atoms with E-state index in [0.29, 0.717) is 0 Å². The summed E-state index contributed by atoms with van der Waals surface area (Å²) in [5.41, 5.74) is 2.87. The summed E-state index contributed by atoms with van der Waals surface area (Å²) in [5.74, 6) is 0. The number of hydrogen-bond acceptors (Lipinski definition) is 2. The van der Waals surface area contributed by atoms with Crippen LogP contribution in [0.1, 0.15) is 12.5 Å². The third kappa shape index (κ3) is 1.66. The van der Waals surface area contributed by atoms with E-state index in [0.717, 1.165) is 23.4 Å². The Hall–Kier alpha value is -1.84. The highest BCUT2D eigenvalue weighted by Crippen LogP contribution is 2.18. The van der Waals surface area contributed by atoms with Crippen molar-refractivity contribution >= 4 is 0 Å². The lowest BCUT2D eigenvalue weighted by Crippen LogP contribution is -2.18. The standard InChI is InChI=1S/C12H15N3O/c1-4-15-8-13-6-11(15)10-5-9(2)12(16)14(3)7-10/h5-8H,4H2,1-3H3. The van der Waals surface area contributed by atoms with Crippen LogP contribution in [0.5, 0.6) is 0 Å². The number of hydrogen-bond donors (Lipinski definition) is 0. The van der Waals surface area contributed by atoms with Crippen molar-refractivity contribution in [1.82, 2.24) is 14.1 Å². The Kier molecular flexibility index (Phi) is 2.64. The third-order valence-electron chi connectivity index (χ3n) is 2.71. The minimum absolute atomic E-state index is 0.0475. The first kappa shape index (κ1) is 10.7. The number of imidazole rings is 1. The van der Waals surface area contributed by atoms with Crippen molar-refractivity contribution in [2.24, 2.45) is 7.05 Å². The fourth-order valence-corrected chi connectivity index (χ4v) is 1.83. The van der Waals surface area contributed by atoms with Crippen LogP contribution in [0.4, 0.5) is 0 Å². The molecule has 2 heterocycles. The second-order valence-electron chi connectivity index (χ2n) is 3.89. The van der Waals surface area contributed by atoms with Gasteiger partial charge in [0.25, 0.3) is 5.56 Å². The summed E-state index contributed by atoms with van der Waals surface area (Å²) in [5, 5.41) is 0. The van der Waals surface area contributed by atoms with Gasteiger partial charge in [-0.25, -0.2) is 4.98 Å². The predicted octanol–water partition coefficient (Wildman–Crippen LogP) is 1.58. The zero-order chi connectivity index (χ0) is 11.7. The van der Waals surface area contributed by atoms with Crippen LogP contribution in [0.2, 0.25) is 0 Å². The van der Waals surface area contributed by atoms with Crippen molar-refractivity contribution in [3.63, 3.8) is 0 Å². The van der Waals surface area contributed by atoms with E-state index in [1.165, 1.54) is 0 Å². The van der Waals surface area contributed by atoms with Gasteiger partial charge in [0.1, 0.15) is 0 Å². The fraction of sp³-hybridized carbons (Fsp3) is 0.333. The van der Waals surface area contributed by atoms with Gasteiger partial charge in [0.05, 0.1) is 18.2 Å². The van der Waals surface area contributed by atoms with Crippen LogP contribution < -0.4 is 5.56 Å². The third-order valence-corrected chi connectivity index (χ3v) is 2.71. The summed E-state index contributed by atoms with van der Waals surface area (Å²) in [4.78, 5) is 15.7. The molecule has 0 radical (unpaired) electrons. The van der Waals surface area contributed by atoms with Gasteiger partial charge < -0.3 is 9.13 Å². The van der Waals surface area contributed by atoms with E-state index >= 15 is 0 Å². The second kappa shape index (κ2) is 3.96. The average Bonchev–Trinajstić information content (AvgIpc) is 2.73. The SMILES string of the molecule is CCn1cncc1-c1cc(C)c(=O)n(C)c1. The van der Waals surface area contributed by atoms with Crippen LogP contribution in [0.3, 0.4) is 0 Å². The smallest absolute Gasteiger partial charge is 0.253 e. The van der Waals surface area contributed by atoms with Crippen LogP contribution in [-0.4, -0.2) is 14.1 Å². The maximum absolute atomic E-state index is 11.6. The molecule has 0 fully saturated rings. The second-order valence-corrected chi connectivity index (χ2v) is 3.89. The Morgan fingerprint density at radius 2 is 2.19 bits per heavy atom. The molecule has 0 unspecified atom stereocenters. The Morgan fingerprint density at radius 3 is 2.81 bits per heavy atom. The normalized spacial score (nSPS) is 10.7. The molecule has 0 N–H and O–H groups in total. The van der Waals surface area contributed by atoms with Crippen LogP contribution >= 0.6 is 0 Å². The molecule has 0 aromatic carbocycles. The first-order chi connectivity index (χ1) is 7.63. The maximum atomic E-state index is 11.6. The van der Waals surface area contributed by atoms with Gasteiger partial charge >= 0.3 is 0 Å². The van der Waals surface area contributed by atoms with E-state index < -0.39 is 0 Å². The Bertz CT molecular complexity index is 540. The zero-order valence-electron chi connectivity index (χ0n) is 9.77. The van der Waals surface area contributed by atoms with Gasteiger partial charge in [-0.05, 0) is 19.9 Å². The number of aryl methyl sites for hydroxylation is 3. The molecule has 0 amide bonds. The van der Waals surface area contributed by atoms with Crippen LogP contribution in [-0.2, 0) is 13.6 Å². The van der Waals surface area contributed by atoms with Gasteiger partial charge in [-0.3, -0.25) is 4.79 Å². The molecule has 0 saturated heterocycles. The lowest BCUT2D eigenvalue weighted by Gasteiger charge is -2.08. The summed E-state index contributed by atoms with van der Waals surface area (Å²) in [6.45, 7) is 4.77.